The Bertz CT molecular complexity index is 622. The van der Waals surface area contributed by atoms with Gasteiger partial charge < -0.3 is 5.32 Å². The highest BCUT2D eigenvalue weighted by molar-refractivity contribution is 9.10. The molecule has 1 saturated carbocycles. The van der Waals surface area contributed by atoms with Gasteiger partial charge in [0.25, 0.3) is 0 Å². The van der Waals surface area contributed by atoms with E-state index in [1.54, 1.807) is 0 Å². The quantitative estimate of drug-likeness (QED) is 0.734. The summed E-state index contributed by atoms with van der Waals surface area (Å²) in [5, 5.41) is 4.62. The van der Waals surface area contributed by atoms with Crippen LogP contribution in [0.15, 0.2) is 53.0 Å². The first-order valence-electron chi connectivity index (χ1n) is 7.40. The van der Waals surface area contributed by atoms with E-state index in [0.717, 1.165) is 5.02 Å². The zero-order valence-electron chi connectivity index (χ0n) is 12.0. The molecule has 0 amide bonds. The van der Waals surface area contributed by atoms with Gasteiger partial charge in [0.05, 0.1) is 0 Å². The standard InChI is InChI=1S/C18H19BrClN/c1-12(15-6-2-4-8-17(15)19)21-14-10-13(11-14)16-7-3-5-9-18(16)20/h2-9,12-14,21H,10-11H2,1H3/t12-,13?,14?/m0/s1. The maximum absolute atomic E-state index is 6.28. The van der Waals surface area contributed by atoms with E-state index in [1.165, 1.54) is 28.4 Å². The summed E-state index contributed by atoms with van der Waals surface area (Å²) in [7, 11) is 0. The molecule has 0 spiro atoms. The van der Waals surface area contributed by atoms with Crippen LogP contribution in [0.25, 0.3) is 0 Å². The summed E-state index contributed by atoms with van der Waals surface area (Å²) in [5.41, 5.74) is 2.62. The van der Waals surface area contributed by atoms with Crippen molar-refractivity contribution in [3.05, 3.63) is 69.2 Å². The first-order chi connectivity index (χ1) is 10.1. The van der Waals surface area contributed by atoms with Crippen LogP contribution in [-0.4, -0.2) is 6.04 Å². The second-order valence-corrected chi connectivity index (χ2v) is 7.06. The Hall–Kier alpha value is -0.830. The monoisotopic (exact) mass is 363 g/mol. The molecule has 0 aliphatic heterocycles. The van der Waals surface area contributed by atoms with Crippen LogP contribution >= 0.6 is 27.5 Å². The molecule has 1 aliphatic carbocycles. The van der Waals surface area contributed by atoms with E-state index in [-0.39, 0.29) is 0 Å². The number of hydrogen-bond donors (Lipinski definition) is 1. The molecule has 1 atom stereocenters. The Morgan fingerprint density at radius 3 is 2.48 bits per heavy atom. The molecule has 1 fully saturated rings. The lowest BCUT2D eigenvalue weighted by Crippen LogP contribution is -2.41. The van der Waals surface area contributed by atoms with Gasteiger partial charge in [-0.2, -0.15) is 0 Å². The van der Waals surface area contributed by atoms with Crippen LogP contribution in [0.1, 0.15) is 42.9 Å². The third-order valence-electron chi connectivity index (χ3n) is 4.34. The van der Waals surface area contributed by atoms with E-state index < -0.39 is 0 Å². The van der Waals surface area contributed by atoms with Crippen molar-refractivity contribution in [2.24, 2.45) is 0 Å². The summed E-state index contributed by atoms with van der Waals surface area (Å²) in [6.07, 6.45) is 2.33. The van der Waals surface area contributed by atoms with Gasteiger partial charge in [0.2, 0.25) is 0 Å². The molecule has 1 aliphatic rings. The van der Waals surface area contributed by atoms with Gasteiger partial charge >= 0.3 is 0 Å². The first kappa shape index (κ1) is 15.1. The van der Waals surface area contributed by atoms with Crippen molar-refractivity contribution in [2.45, 2.75) is 37.8 Å². The molecule has 0 heterocycles. The molecule has 110 valence electrons. The average Bonchev–Trinajstić information content (AvgIpc) is 2.44. The van der Waals surface area contributed by atoms with Gasteiger partial charge in [-0.05, 0) is 48.9 Å². The molecule has 2 aromatic rings. The second-order valence-electron chi connectivity index (χ2n) is 5.80. The fraction of sp³-hybridized carbons (Fsp3) is 0.333. The minimum atomic E-state index is 0.359. The third kappa shape index (κ3) is 3.33. The summed E-state index contributed by atoms with van der Waals surface area (Å²) in [5.74, 6) is 0.600. The van der Waals surface area contributed by atoms with Crippen LogP contribution in [0.2, 0.25) is 5.02 Å². The minimum absolute atomic E-state index is 0.359. The zero-order valence-corrected chi connectivity index (χ0v) is 14.4. The summed E-state index contributed by atoms with van der Waals surface area (Å²) in [6, 6.07) is 17.6. The van der Waals surface area contributed by atoms with E-state index in [0.29, 0.717) is 18.0 Å². The molecule has 0 radical (unpaired) electrons. The highest BCUT2D eigenvalue weighted by Gasteiger charge is 2.32. The van der Waals surface area contributed by atoms with E-state index in [4.69, 9.17) is 11.6 Å². The van der Waals surface area contributed by atoms with Gasteiger partial charge in [-0.3, -0.25) is 0 Å². The van der Waals surface area contributed by atoms with Crippen molar-refractivity contribution in [1.82, 2.24) is 5.32 Å². The predicted molar refractivity (Wildman–Crippen MR) is 92.9 cm³/mol. The zero-order chi connectivity index (χ0) is 14.8. The lowest BCUT2D eigenvalue weighted by Gasteiger charge is -2.38. The van der Waals surface area contributed by atoms with Gasteiger partial charge in [0.1, 0.15) is 0 Å². The molecule has 0 bridgehead atoms. The lowest BCUT2D eigenvalue weighted by molar-refractivity contribution is 0.270. The van der Waals surface area contributed by atoms with Gasteiger partial charge in [-0.25, -0.2) is 0 Å². The van der Waals surface area contributed by atoms with Crippen LogP contribution in [0, 0.1) is 0 Å². The lowest BCUT2D eigenvalue weighted by atomic mass is 9.75. The number of benzene rings is 2. The molecule has 0 unspecified atom stereocenters. The van der Waals surface area contributed by atoms with Gasteiger partial charge in [-0.1, -0.05) is 63.9 Å². The van der Waals surface area contributed by atoms with Crippen molar-refractivity contribution in [1.29, 1.82) is 0 Å². The first-order valence-corrected chi connectivity index (χ1v) is 8.57. The predicted octanol–water partition coefficient (Wildman–Crippen LogP) is 5.70. The Labute approximate surface area is 139 Å². The largest absolute Gasteiger partial charge is 0.307 e. The summed E-state index contributed by atoms with van der Waals surface area (Å²) >= 11 is 9.90. The summed E-state index contributed by atoms with van der Waals surface area (Å²) in [4.78, 5) is 0. The van der Waals surface area contributed by atoms with Gasteiger partial charge in [-0.15, -0.1) is 0 Å². The molecule has 3 heteroatoms. The SMILES string of the molecule is C[C@H](NC1CC(c2ccccc2Cl)C1)c1ccccc1Br. The summed E-state index contributed by atoms with van der Waals surface area (Å²) in [6.45, 7) is 2.23. The van der Waals surface area contributed by atoms with Crippen LogP contribution in [0.5, 0.6) is 0 Å². The van der Waals surface area contributed by atoms with Crippen molar-refractivity contribution in [3.8, 4) is 0 Å². The molecule has 0 aromatic heterocycles. The maximum atomic E-state index is 6.28. The van der Waals surface area contributed by atoms with Crippen molar-refractivity contribution < 1.29 is 0 Å². The highest BCUT2D eigenvalue weighted by atomic mass is 79.9. The minimum Gasteiger partial charge on any atom is -0.307 e. The van der Waals surface area contributed by atoms with E-state index in [9.17, 15) is 0 Å². The Kier molecular flexibility index (Phi) is 4.68. The molecule has 1 N–H and O–H groups in total. The van der Waals surface area contributed by atoms with Crippen molar-refractivity contribution >= 4 is 27.5 Å². The van der Waals surface area contributed by atoms with Crippen LogP contribution in [0.4, 0.5) is 0 Å². The molecule has 0 saturated heterocycles. The molecule has 3 rings (SSSR count). The average molecular weight is 365 g/mol. The normalized spacial score (nSPS) is 22.6. The second kappa shape index (κ2) is 6.51. The van der Waals surface area contributed by atoms with Crippen molar-refractivity contribution in [3.63, 3.8) is 0 Å². The highest BCUT2D eigenvalue weighted by Crippen LogP contribution is 2.40. The Morgan fingerprint density at radius 2 is 1.76 bits per heavy atom. The number of hydrogen-bond acceptors (Lipinski definition) is 1. The van der Waals surface area contributed by atoms with Crippen molar-refractivity contribution in [2.75, 3.05) is 0 Å². The topological polar surface area (TPSA) is 12.0 Å². The Balaban J connectivity index is 1.58. The number of nitrogens with one attached hydrogen (secondary N) is 1. The Morgan fingerprint density at radius 1 is 1.10 bits per heavy atom. The number of rotatable bonds is 4. The van der Waals surface area contributed by atoms with Crippen LogP contribution < -0.4 is 5.32 Å². The van der Waals surface area contributed by atoms with Crippen LogP contribution in [-0.2, 0) is 0 Å². The maximum Gasteiger partial charge on any atom is 0.0440 e. The van der Waals surface area contributed by atoms with Gasteiger partial charge in [0, 0.05) is 21.6 Å². The van der Waals surface area contributed by atoms with E-state index in [2.05, 4.69) is 64.6 Å². The fourth-order valence-electron chi connectivity index (χ4n) is 3.08. The molecule has 1 nitrogen and oxygen atoms in total. The smallest absolute Gasteiger partial charge is 0.0440 e. The molecule has 2 aromatic carbocycles. The third-order valence-corrected chi connectivity index (χ3v) is 5.41. The fourth-order valence-corrected chi connectivity index (χ4v) is 4.00. The van der Waals surface area contributed by atoms with E-state index in [1.807, 2.05) is 12.1 Å². The van der Waals surface area contributed by atoms with Gasteiger partial charge in [0.15, 0.2) is 0 Å². The number of halogens is 2. The molecular weight excluding hydrogens is 346 g/mol. The molecular formula is C18H19BrClN. The molecule has 21 heavy (non-hydrogen) atoms. The van der Waals surface area contributed by atoms with E-state index >= 15 is 0 Å². The summed E-state index contributed by atoms with van der Waals surface area (Å²) < 4.78 is 1.17. The van der Waals surface area contributed by atoms with Crippen LogP contribution in [0.3, 0.4) is 0 Å².